The summed E-state index contributed by atoms with van der Waals surface area (Å²) in [7, 11) is -4.57. The quantitative estimate of drug-likeness (QED) is 0.0174. The van der Waals surface area contributed by atoms with Crippen molar-refractivity contribution in [1.29, 1.82) is 0 Å². The molecular weight excluding hydrogens is 881 g/mol. The Morgan fingerprint density at radius 3 is 1.30 bits per heavy atom. The van der Waals surface area contributed by atoms with Crippen molar-refractivity contribution in [3.05, 3.63) is 24.3 Å². The van der Waals surface area contributed by atoms with Gasteiger partial charge in [0.2, 0.25) is 5.91 Å². The average molecular weight is 979 g/mol. The van der Waals surface area contributed by atoms with Gasteiger partial charge in [0.25, 0.3) is 0 Å². The number of aliphatic carboxylic acids is 1. The molecule has 0 aliphatic heterocycles. The van der Waals surface area contributed by atoms with Crippen LogP contribution in [0, 0.1) is 0 Å². The summed E-state index contributed by atoms with van der Waals surface area (Å²) in [4.78, 5) is 58.5. The van der Waals surface area contributed by atoms with Gasteiger partial charge in [-0.25, -0.2) is 4.57 Å². The van der Waals surface area contributed by atoms with E-state index in [-0.39, 0.29) is 74.5 Å². The van der Waals surface area contributed by atoms with E-state index < -0.39 is 38.4 Å². The molecule has 0 aromatic carbocycles. The summed E-state index contributed by atoms with van der Waals surface area (Å²) in [6.07, 6.45) is 46.4. The normalized spacial score (nSPS) is 12.8. The second kappa shape index (κ2) is 52.3. The van der Waals surface area contributed by atoms with Gasteiger partial charge in [-0.2, -0.15) is 0 Å². The number of carboxylic acids is 1. The monoisotopic (exact) mass is 979 g/mol. The number of esters is 2. The van der Waals surface area contributed by atoms with Crippen molar-refractivity contribution in [2.45, 2.75) is 264 Å². The molecule has 0 saturated carbocycles. The number of allylic oxidation sites excluding steroid dienone is 4. The molecular formula is C53H98NNaO11P+. The topological polar surface area (TPSA) is 175 Å². The van der Waals surface area contributed by atoms with Crippen LogP contribution in [0.5, 0.6) is 0 Å². The van der Waals surface area contributed by atoms with Crippen LogP contribution in [-0.4, -0.2) is 66.3 Å². The predicted octanol–water partition coefficient (Wildman–Crippen LogP) is 11.8. The fourth-order valence-corrected chi connectivity index (χ4v) is 8.33. The van der Waals surface area contributed by atoms with Crippen molar-refractivity contribution in [3.63, 3.8) is 0 Å². The van der Waals surface area contributed by atoms with Crippen LogP contribution in [0.15, 0.2) is 24.3 Å². The van der Waals surface area contributed by atoms with E-state index in [1.165, 1.54) is 77.0 Å². The molecule has 0 aliphatic rings. The molecule has 3 N–H and O–H groups in total. The summed E-state index contributed by atoms with van der Waals surface area (Å²) in [5.74, 6) is -1.84. The maximum atomic E-state index is 12.8. The van der Waals surface area contributed by atoms with E-state index in [2.05, 4.69) is 43.5 Å². The third-order valence-corrected chi connectivity index (χ3v) is 12.6. The third-order valence-electron chi connectivity index (χ3n) is 11.7. The first kappa shape index (κ1) is 67.5. The molecule has 386 valence electrons. The number of rotatable bonds is 51. The summed E-state index contributed by atoms with van der Waals surface area (Å²) in [5, 5.41) is 11.4. The van der Waals surface area contributed by atoms with Crippen molar-refractivity contribution in [1.82, 2.24) is 5.32 Å². The van der Waals surface area contributed by atoms with Crippen molar-refractivity contribution in [3.8, 4) is 0 Å². The van der Waals surface area contributed by atoms with Gasteiger partial charge >= 0.3 is 55.3 Å². The molecule has 67 heavy (non-hydrogen) atoms. The van der Waals surface area contributed by atoms with E-state index in [0.29, 0.717) is 25.7 Å². The van der Waals surface area contributed by atoms with Crippen molar-refractivity contribution in [2.75, 3.05) is 26.4 Å². The van der Waals surface area contributed by atoms with Gasteiger partial charge in [-0.15, -0.1) is 0 Å². The second-order valence-electron chi connectivity index (χ2n) is 18.1. The number of unbranched alkanes of at least 4 members (excludes halogenated alkanes) is 29. The molecule has 0 aromatic heterocycles. The number of carbonyl (C=O) groups is 4. The minimum absolute atomic E-state index is 0. The van der Waals surface area contributed by atoms with E-state index in [9.17, 15) is 28.6 Å². The van der Waals surface area contributed by atoms with Crippen LogP contribution in [0.1, 0.15) is 258 Å². The third kappa shape index (κ3) is 53.7. The molecule has 0 radical (unpaired) electrons. The van der Waals surface area contributed by atoms with Crippen LogP contribution in [0.2, 0.25) is 0 Å². The van der Waals surface area contributed by atoms with Gasteiger partial charge < -0.3 is 24.8 Å². The largest absolute Gasteiger partial charge is 1.00 e. The number of phosphoric acid groups is 1. The Bertz CT molecular complexity index is 1270. The number of hydrogen-bond acceptors (Lipinski definition) is 9. The van der Waals surface area contributed by atoms with Gasteiger partial charge in [0.1, 0.15) is 6.61 Å². The molecule has 0 bridgehead atoms. The second-order valence-corrected chi connectivity index (χ2v) is 19.6. The molecule has 0 aromatic rings. The SMILES string of the molecule is CCCCCCCC/C=C\CCCCCCCC(=O)OC[C@H](COP(=O)(O)OCCNC(=O)CCCCCCCCCCC(=O)O)OC(=O)CCCCCCC/C=C\CCCCCCCC.[Na+]. The minimum atomic E-state index is -4.57. The van der Waals surface area contributed by atoms with Gasteiger partial charge in [0.15, 0.2) is 6.10 Å². The average Bonchev–Trinajstić information content (AvgIpc) is 3.29. The summed E-state index contributed by atoms with van der Waals surface area (Å²) in [6, 6.07) is 0. The zero-order chi connectivity index (χ0) is 48.4. The Hall–Kier alpha value is -1.53. The molecule has 2 atom stereocenters. The van der Waals surface area contributed by atoms with Crippen molar-refractivity contribution < 1.29 is 81.8 Å². The zero-order valence-electron chi connectivity index (χ0n) is 43.1. The van der Waals surface area contributed by atoms with Crippen molar-refractivity contribution in [2.24, 2.45) is 0 Å². The van der Waals surface area contributed by atoms with Crippen LogP contribution in [0.4, 0.5) is 0 Å². The van der Waals surface area contributed by atoms with Crippen LogP contribution in [0.3, 0.4) is 0 Å². The summed E-state index contributed by atoms with van der Waals surface area (Å²) in [6.45, 7) is 3.45. The summed E-state index contributed by atoms with van der Waals surface area (Å²) in [5.41, 5.74) is 0. The molecule has 0 rings (SSSR count). The predicted molar refractivity (Wildman–Crippen MR) is 268 cm³/mol. The number of carbonyl (C=O) groups excluding carboxylic acids is 3. The van der Waals surface area contributed by atoms with Crippen LogP contribution in [0.25, 0.3) is 0 Å². The molecule has 1 amide bonds. The Morgan fingerprint density at radius 1 is 0.493 bits per heavy atom. The van der Waals surface area contributed by atoms with E-state index in [4.69, 9.17) is 23.6 Å². The standard InChI is InChI=1S/C53H98NO11P.Na/c1-3-5-7-9-11-13-15-17-19-21-23-25-31-35-39-43-52(58)62-47-49(65-53(59)44-40-36-32-26-24-22-20-18-16-14-12-10-8-6-4-2)48-64-66(60,61)63-46-45-54-50(55)41-37-33-29-27-28-30-34-38-42-51(56)57;/h17-20,49H,3-16,21-48H2,1-2H3,(H,54,55)(H,56,57)(H,60,61);/q;+1/b19-17-,20-18-;/t49-;/m1./s1. The molecule has 0 spiro atoms. The zero-order valence-corrected chi connectivity index (χ0v) is 46.0. The van der Waals surface area contributed by atoms with Gasteiger partial charge in [-0.1, -0.05) is 179 Å². The number of hydrogen-bond donors (Lipinski definition) is 3. The van der Waals surface area contributed by atoms with Gasteiger partial charge in [-0.3, -0.25) is 28.2 Å². The van der Waals surface area contributed by atoms with Crippen LogP contribution in [-0.2, 0) is 42.3 Å². The van der Waals surface area contributed by atoms with Crippen molar-refractivity contribution >= 4 is 31.6 Å². The molecule has 0 heterocycles. The molecule has 0 saturated heterocycles. The van der Waals surface area contributed by atoms with Gasteiger partial charge in [0, 0.05) is 32.2 Å². The Morgan fingerprint density at radius 2 is 0.866 bits per heavy atom. The minimum Gasteiger partial charge on any atom is -0.481 e. The number of ether oxygens (including phenoxy) is 2. The fraction of sp³-hybridized carbons (Fsp3) is 0.849. The Labute approximate surface area is 431 Å². The first-order valence-electron chi connectivity index (χ1n) is 26.8. The van der Waals surface area contributed by atoms with Crippen LogP contribution >= 0.6 is 7.82 Å². The van der Waals surface area contributed by atoms with Gasteiger partial charge in [0.05, 0.1) is 13.2 Å². The molecule has 14 heteroatoms. The fourth-order valence-electron chi connectivity index (χ4n) is 7.58. The van der Waals surface area contributed by atoms with Gasteiger partial charge in [-0.05, 0) is 77.0 Å². The van der Waals surface area contributed by atoms with E-state index in [0.717, 1.165) is 122 Å². The van der Waals surface area contributed by atoms with Crippen LogP contribution < -0.4 is 34.9 Å². The molecule has 0 aliphatic carbocycles. The molecule has 12 nitrogen and oxygen atoms in total. The van der Waals surface area contributed by atoms with E-state index >= 15 is 0 Å². The number of amides is 1. The maximum absolute atomic E-state index is 12.8. The smallest absolute Gasteiger partial charge is 0.481 e. The Kier molecular flexibility index (Phi) is 52.7. The summed E-state index contributed by atoms with van der Waals surface area (Å²) >= 11 is 0. The first-order valence-corrected chi connectivity index (χ1v) is 28.3. The number of phosphoric ester groups is 1. The number of nitrogens with one attached hydrogen (secondary N) is 1. The Balaban J connectivity index is 0. The van der Waals surface area contributed by atoms with E-state index in [1.807, 2.05) is 0 Å². The van der Waals surface area contributed by atoms with E-state index in [1.54, 1.807) is 0 Å². The number of carboxylic acid groups (broad SMARTS) is 1. The maximum Gasteiger partial charge on any atom is 1.00 e. The summed E-state index contributed by atoms with van der Waals surface area (Å²) < 4.78 is 33.9. The molecule has 0 fully saturated rings. The first-order chi connectivity index (χ1) is 32.1. The molecule has 1 unspecified atom stereocenters.